The lowest BCUT2D eigenvalue weighted by Crippen LogP contribution is -2.27. The summed E-state index contributed by atoms with van der Waals surface area (Å²) in [5.74, 6) is 2.51. The molecule has 2 aromatic heterocycles. The van der Waals surface area contributed by atoms with Crippen molar-refractivity contribution in [1.82, 2.24) is 14.8 Å². The molecule has 0 aromatic carbocycles. The van der Waals surface area contributed by atoms with E-state index in [1.165, 1.54) is 0 Å². The number of nitrogens with zero attached hydrogens (tertiary/aromatic N) is 3. The molecule has 3 rings (SSSR count). The minimum Gasteiger partial charge on any atom is -0.306 e. The molecule has 0 bridgehead atoms. The standard InChI is InChI=1S/C15H18N4OS/c1-15(2,3)19-13(11-8-21-9-12(11)18-19)17-14(20)10-4-6-16-7-5-10/h4-7H,8-9H2,1-3H3,(H,17,20). The van der Waals surface area contributed by atoms with Crippen LogP contribution in [0.2, 0.25) is 0 Å². The van der Waals surface area contributed by atoms with E-state index < -0.39 is 0 Å². The van der Waals surface area contributed by atoms with E-state index in [1.807, 2.05) is 16.4 Å². The summed E-state index contributed by atoms with van der Waals surface area (Å²) in [4.78, 5) is 16.3. The van der Waals surface area contributed by atoms with Crippen LogP contribution in [0, 0.1) is 0 Å². The van der Waals surface area contributed by atoms with Gasteiger partial charge in [0.2, 0.25) is 0 Å². The van der Waals surface area contributed by atoms with Crippen molar-refractivity contribution in [2.24, 2.45) is 0 Å². The third-order valence-corrected chi connectivity index (χ3v) is 4.33. The summed E-state index contributed by atoms with van der Waals surface area (Å²) in [5.41, 5.74) is 2.67. The summed E-state index contributed by atoms with van der Waals surface area (Å²) in [7, 11) is 0. The number of fused-ring (bicyclic) bond motifs is 1. The van der Waals surface area contributed by atoms with Crippen LogP contribution < -0.4 is 5.32 Å². The molecule has 6 heteroatoms. The number of pyridine rings is 1. The number of rotatable bonds is 2. The maximum Gasteiger partial charge on any atom is 0.256 e. The van der Waals surface area contributed by atoms with Crippen LogP contribution >= 0.6 is 11.8 Å². The molecule has 5 nitrogen and oxygen atoms in total. The van der Waals surface area contributed by atoms with Gasteiger partial charge in [0.05, 0.1) is 11.2 Å². The first-order valence-electron chi connectivity index (χ1n) is 6.87. The summed E-state index contributed by atoms with van der Waals surface area (Å²) in [6.07, 6.45) is 3.24. The zero-order chi connectivity index (χ0) is 15.0. The zero-order valence-electron chi connectivity index (χ0n) is 12.4. The normalized spacial score (nSPS) is 14.0. The molecule has 2 aromatic rings. The fourth-order valence-corrected chi connectivity index (χ4v) is 3.34. The van der Waals surface area contributed by atoms with Crippen molar-refractivity contribution in [2.45, 2.75) is 37.8 Å². The predicted molar refractivity (Wildman–Crippen MR) is 84.4 cm³/mol. The summed E-state index contributed by atoms with van der Waals surface area (Å²) in [6, 6.07) is 3.42. The third kappa shape index (κ3) is 2.68. The van der Waals surface area contributed by atoms with Crippen LogP contribution in [-0.4, -0.2) is 20.7 Å². The predicted octanol–water partition coefficient (Wildman–Crippen LogP) is 3.03. The van der Waals surface area contributed by atoms with E-state index in [0.29, 0.717) is 5.56 Å². The van der Waals surface area contributed by atoms with Crippen molar-refractivity contribution in [3.63, 3.8) is 0 Å². The molecule has 0 aliphatic carbocycles. The Kier molecular flexibility index (Phi) is 3.49. The highest BCUT2D eigenvalue weighted by atomic mass is 32.2. The van der Waals surface area contributed by atoms with E-state index in [-0.39, 0.29) is 11.4 Å². The zero-order valence-corrected chi connectivity index (χ0v) is 13.2. The average Bonchev–Trinajstić information content (AvgIpc) is 3.01. The molecule has 1 N–H and O–H groups in total. The SMILES string of the molecule is CC(C)(C)n1nc2c(c1NC(=O)c1ccncc1)CSC2. The van der Waals surface area contributed by atoms with Crippen molar-refractivity contribution in [3.8, 4) is 0 Å². The van der Waals surface area contributed by atoms with Gasteiger partial charge in [-0.25, -0.2) is 4.68 Å². The number of anilines is 1. The van der Waals surface area contributed by atoms with Gasteiger partial charge in [-0.1, -0.05) is 0 Å². The number of carbonyl (C=O) groups is 1. The van der Waals surface area contributed by atoms with Crippen molar-refractivity contribution in [2.75, 3.05) is 5.32 Å². The maximum absolute atomic E-state index is 12.4. The highest BCUT2D eigenvalue weighted by Crippen LogP contribution is 2.37. The highest BCUT2D eigenvalue weighted by Gasteiger charge is 2.28. The van der Waals surface area contributed by atoms with Crippen molar-refractivity contribution >= 4 is 23.5 Å². The Morgan fingerprint density at radius 2 is 2.00 bits per heavy atom. The number of amides is 1. The number of carbonyl (C=O) groups excluding carboxylic acids is 1. The Morgan fingerprint density at radius 1 is 1.29 bits per heavy atom. The lowest BCUT2D eigenvalue weighted by Gasteiger charge is -2.23. The molecule has 1 amide bonds. The minimum atomic E-state index is -0.171. The van der Waals surface area contributed by atoms with E-state index in [0.717, 1.165) is 28.6 Å². The minimum absolute atomic E-state index is 0.123. The Balaban J connectivity index is 1.97. The number of nitrogens with one attached hydrogen (secondary N) is 1. The summed E-state index contributed by atoms with van der Waals surface area (Å²) in [6.45, 7) is 6.26. The quantitative estimate of drug-likeness (QED) is 0.926. The number of thioether (sulfide) groups is 1. The molecule has 0 saturated carbocycles. The first-order chi connectivity index (χ1) is 9.97. The lowest BCUT2D eigenvalue weighted by molar-refractivity contribution is 0.102. The molecule has 0 radical (unpaired) electrons. The molecule has 0 fully saturated rings. The third-order valence-electron chi connectivity index (χ3n) is 3.36. The molecule has 0 atom stereocenters. The Morgan fingerprint density at radius 3 is 2.67 bits per heavy atom. The summed E-state index contributed by atoms with van der Waals surface area (Å²) >= 11 is 1.83. The van der Waals surface area contributed by atoms with Crippen LogP contribution in [0.3, 0.4) is 0 Å². The van der Waals surface area contributed by atoms with Crippen molar-refractivity contribution < 1.29 is 4.79 Å². The second kappa shape index (κ2) is 5.18. The Bertz CT molecular complexity index is 673. The number of hydrogen-bond donors (Lipinski definition) is 1. The molecular formula is C15H18N4OS. The maximum atomic E-state index is 12.4. The smallest absolute Gasteiger partial charge is 0.256 e. The van der Waals surface area contributed by atoms with E-state index >= 15 is 0 Å². The second-order valence-electron chi connectivity index (χ2n) is 6.04. The summed E-state index contributed by atoms with van der Waals surface area (Å²) < 4.78 is 1.93. The van der Waals surface area contributed by atoms with Gasteiger partial charge in [0.25, 0.3) is 5.91 Å². The topological polar surface area (TPSA) is 59.8 Å². The van der Waals surface area contributed by atoms with E-state index in [9.17, 15) is 4.79 Å². The van der Waals surface area contributed by atoms with Crippen LogP contribution in [0.5, 0.6) is 0 Å². The monoisotopic (exact) mass is 302 g/mol. The molecule has 110 valence electrons. The molecule has 0 saturated heterocycles. The van der Waals surface area contributed by atoms with Crippen LogP contribution in [0.4, 0.5) is 5.82 Å². The summed E-state index contributed by atoms with van der Waals surface area (Å²) in [5, 5.41) is 7.71. The molecular weight excluding hydrogens is 284 g/mol. The average molecular weight is 302 g/mol. The van der Waals surface area contributed by atoms with Gasteiger partial charge in [-0.15, -0.1) is 0 Å². The largest absolute Gasteiger partial charge is 0.306 e. The number of aromatic nitrogens is 3. The first-order valence-corrected chi connectivity index (χ1v) is 8.02. The first kappa shape index (κ1) is 14.1. The van der Waals surface area contributed by atoms with Crippen molar-refractivity contribution in [1.29, 1.82) is 0 Å². The molecule has 0 spiro atoms. The Labute approximate surface area is 128 Å². The van der Waals surface area contributed by atoms with E-state index in [2.05, 4.69) is 36.2 Å². The van der Waals surface area contributed by atoms with Gasteiger partial charge in [0.1, 0.15) is 5.82 Å². The lowest BCUT2D eigenvalue weighted by atomic mass is 10.1. The molecule has 0 unspecified atom stereocenters. The Hall–Kier alpha value is -1.82. The number of hydrogen-bond acceptors (Lipinski definition) is 4. The second-order valence-corrected chi connectivity index (χ2v) is 7.02. The van der Waals surface area contributed by atoms with Gasteiger partial charge in [0, 0.05) is 35.0 Å². The van der Waals surface area contributed by atoms with Gasteiger partial charge in [-0.2, -0.15) is 16.9 Å². The van der Waals surface area contributed by atoms with Gasteiger partial charge in [-0.3, -0.25) is 9.78 Å². The van der Waals surface area contributed by atoms with Crippen LogP contribution in [0.15, 0.2) is 24.5 Å². The van der Waals surface area contributed by atoms with E-state index in [1.54, 1.807) is 24.5 Å². The molecule has 1 aliphatic rings. The van der Waals surface area contributed by atoms with E-state index in [4.69, 9.17) is 0 Å². The fraction of sp³-hybridized carbons (Fsp3) is 0.400. The highest BCUT2D eigenvalue weighted by molar-refractivity contribution is 7.98. The van der Waals surface area contributed by atoms with Gasteiger partial charge in [-0.05, 0) is 32.9 Å². The van der Waals surface area contributed by atoms with Crippen LogP contribution in [0.1, 0.15) is 42.4 Å². The fourth-order valence-electron chi connectivity index (χ4n) is 2.31. The van der Waals surface area contributed by atoms with Crippen LogP contribution in [0.25, 0.3) is 0 Å². The van der Waals surface area contributed by atoms with Crippen LogP contribution in [-0.2, 0) is 17.0 Å². The molecule has 21 heavy (non-hydrogen) atoms. The molecule has 3 heterocycles. The van der Waals surface area contributed by atoms with Gasteiger partial charge < -0.3 is 5.32 Å². The molecule has 1 aliphatic heterocycles. The van der Waals surface area contributed by atoms with Gasteiger partial charge >= 0.3 is 0 Å². The van der Waals surface area contributed by atoms with Crippen molar-refractivity contribution in [3.05, 3.63) is 41.3 Å². The van der Waals surface area contributed by atoms with Gasteiger partial charge in [0.15, 0.2) is 0 Å².